The first kappa shape index (κ1) is 16.9. The van der Waals surface area contributed by atoms with Crippen LogP contribution in [0.15, 0.2) is 36.5 Å². The van der Waals surface area contributed by atoms with Crippen LogP contribution in [0, 0.1) is 5.82 Å². The van der Waals surface area contributed by atoms with Crippen molar-refractivity contribution in [3.63, 3.8) is 0 Å². The Morgan fingerprint density at radius 2 is 2.09 bits per heavy atom. The summed E-state index contributed by atoms with van der Waals surface area (Å²) in [5.74, 6) is -0.0889. The highest BCUT2D eigenvalue weighted by molar-refractivity contribution is 5.92. The van der Waals surface area contributed by atoms with Crippen molar-refractivity contribution in [2.45, 2.75) is 32.7 Å². The van der Waals surface area contributed by atoms with Crippen LogP contribution in [-0.4, -0.2) is 28.5 Å². The molecule has 2 N–H and O–H groups in total. The summed E-state index contributed by atoms with van der Waals surface area (Å²) < 4.78 is 13.5. The smallest absolute Gasteiger partial charge is 0.270 e. The van der Waals surface area contributed by atoms with Gasteiger partial charge in [-0.05, 0) is 37.5 Å². The van der Waals surface area contributed by atoms with E-state index in [0.29, 0.717) is 30.2 Å². The minimum atomic E-state index is -0.225. The molecule has 0 saturated carbocycles. The van der Waals surface area contributed by atoms with Crippen LogP contribution < -0.4 is 10.6 Å². The Morgan fingerprint density at radius 1 is 1.30 bits per heavy atom. The van der Waals surface area contributed by atoms with Crippen molar-refractivity contribution in [1.29, 1.82) is 0 Å². The molecule has 0 radical (unpaired) electrons. The summed E-state index contributed by atoms with van der Waals surface area (Å²) in [6.45, 7) is 4.42. The molecular formula is C17H21FN4O. The fourth-order valence-electron chi connectivity index (χ4n) is 1.98. The third kappa shape index (κ3) is 5.02. The molecule has 23 heavy (non-hydrogen) atoms. The number of benzene rings is 1. The van der Waals surface area contributed by atoms with Gasteiger partial charge in [-0.25, -0.2) is 14.4 Å². The number of anilines is 1. The predicted octanol–water partition coefficient (Wildman–Crippen LogP) is 2.80. The molecule has 1 aromatic carbocycles. The summed E-state index contributed by atoms with van der Waals surface area (Å²) in [4.78, 5) is 20.3. The van der Waals surface area contributed by atoms with Gasteiger partial charge < -0.3 is 10.6 Å². The van der Waals surface area contributed by atoms with Gasteiger partial charge in [-0.2, -0.15) is 0 Å². The average Bonchev–Trinajstić information content (AvgIpc) is 2.56. The van der Waals surface area contributed by atoms with Gasteiger partial charge >= 0.3 is 0 Å². The molecule has 0 aliphatic rings. The molecule has 1 aromatic heterocycles. The minimum absolute atomic E-state index is 0.0925. The van der Waals surface area contributed by atoms with E-state index in [9.17, 15) is 9.18 Å². The topological polar surface area (TPSA) is 66.9 Å². The number of amides is 1. The summed E-state index contributed by atoms with van der Waals surface area (Å²) >= 11 is 0. The number of hydrogen-bond acceptors (Lipinski definition) is 4. The van der Waals surface area contributed by atoms with Gasteiger partial charge in [0, 0.05) is 18.8 Å². The molecule has 2 aromatic rings. The molecule has 1 atom stereocenters. The number of hydrogen-bond donors (Lipinski definition) is 2. The third-order valence-electron chi connectivity index (χ3n) is 3.51. The van der Waals surface area contributed by atoms with Crippen molar-refractivity contribution in [2.24, 2.45) is 0 Å². The Labute approximate surface area is 135 Å². The Morgan fingerprint density at radius 3 is 2.83 bits per heavy atom. The number of carbonyl (C=O) groups is 1. The van der Waals surface area contributed by atoms with Crippen molar-refractivity contribution in [1.82, 2.24) is 15.3 Å². The average molecular weight is 316 g/mol. The maximum atomic E-state index is 13.5. The molecular weight excluding hydrogens is 295 g/mol. The molecule has 0 aliphatic carbocycles. The highest BCUT2D eigenvalue weighted by Gasteiger charge is 2.11. The van der Waals surface area contributed by atoms with Crippen LogP contribution in [0.1, 0.15) is 36.3 Å². The van der Waals surface area contributed by atoms with Crippen LogP contribution >= 0.6 is 0 Å². The first-order valence-electron chi connectivity index (χ1n) is 7.71. The number of nitrogens with zero attached hydrogens (tertiary/aromatic N) is 2. The van der Waals surface area contributed by atoms with E-state index in [1.807, 2.05) is 13.8 Å². The lowest BCUT2D eigenvalue weighted by Gasteiger charge is -2.11. The normalized spacial score (nSPS) is 11.8. The van der Waals surface area contributed by atoms with Crippen LogP contribution in [0.4, 0.5) is 10.3 Å². The lowest BCUT2D eigenvalue weighted by molar-refractivity contribution is 0.0934. The second-order valence-electron chi connectivity index (χ2n) is 5.32. The highest BCUT2D eigenvalue weighted by Crippen LogP contribution is 2.08. The number of halogens is 1. The lowest BCUT2D eigenvalue weighted by Crippen LogP contribution is -2.32. The minimum Gasteiger partial charge on any atom is -0.354 e. The van der Waals surface area contributed by atoms with Gasteiger partial charge in [0.25, 0.3) is 5.91 Å². The molecule has 6 heteroatoms. The molecule has 0 saturated heterocycles. The zero-order valence-electron chi connectivity index (χ0n) is 13.3. The van der Waals surface area contributed by atoms with Gasteiger partial charge in [0.15, 0.2) is 0 Å². The SMILES string of the molecule is CCC(C)NC(=O)c1ccnc(NCCc2ccccc2F)n1. The zero-order valence-corrected chi connectivity index (χ0v) is 13.3. The van der Waals surface area contributed by atoms with Crippen molar-refractivity contribution >= 4 is 11.9 Å². The predicted molar refractivity (Wildman–Crippen MR) is 87.8 cm³/mol. The zero-order chi connectivity index (χ0) is 16.7. The number of aromatic nitrogens is 2. The standard InChI is InChI=1S/C17H21FN4O/c1-3-12(2)21-16(23)15-9-11-20-17(22-15)19-10-8-13-6-4-5-7-14(13)18/h4-7,9,11-12H,3,8,10H2,1-2H3,(H,21,23)(H,19,20,22). The quantitative estimate of drug-likeness (QED) is 0.824. The van der Waals surface area contributed by atoms with Crippen LogP contribution in [0.3, 0.4) is 0 Å². The van der Waals surface area contributed by atoms with E-state index in [2.05, 4.69) is 20.6 Å². The molecule has 1 amide bonds. The van der Waals surface area contributed by atoms with Gasteiger partial charge in [-0.15, -0.1) is 0 Å². The third-order valence-corrected chi connectivity index (χ3v) is 3.51. The maximum absolute atomic E-state index is 13.5. The van der Waals surface area contributed by atoms with Crippen LogP contribution in [-0.2, 0) is 6.42 Å². The monoisotopic (exact) mass is 316 g/mol. The molecule has 5 nitrogen and oxygen atoms in total. The van der Waals surface area contributed by atoms with Gasteiger partial charge in [0.1, 0.15) is 11.5 Å². The van der Waals surface area contributed by atoms with Crippen LogP contribution in [0.5, 0.6) is 0 Å². The lowest BCUT2D eigenvalue weighted by atomic mass is 10.1. The maximum Gasteiger partial charge on any atom is 0.270 e. The summed E-state index contributed by atoms with van der Waals surface area (Å²) in [7, 11) is 0. The molecule has 122 valence electrons. The van der Waals surface area contributed by atoms with Crippen LogP contribution in [0.25, 0.3) is 0 Å². The molecule has 0 spiro atoms. The van der Waals surface area contributed by atoms with E-state index in [0.717, 1.165) is 6.42 Å². The molecule has 0 aliphatic heterocycles. The number of carbonyl (C=O) groups excluding carboxylic acids is 1. The Balaban J connectivity index is 1.92. The number of nitrogens with one attached hydrogen (secondary N) is 2. The van der Waals surface area contributed by atoms with Crippen molar-refractivity contribution < 1.29 is 9.18 Å². The Bertz CT molecular complexity index is 663. The fourth-order valence-corrected chi connectivity index (χ4v) is 1.98. The van der Waals surface area contributed by atoms with Gasteiger partial charge in [-0.1, -0.05) is 25.1 Å². The van der Waals surface area contributed by atoms with E-state index in [1.165, 1.54) is 12.3 Å². The largest absolute Gasteiger partial charge is 0.354 e. The van der Waals surface area contributed by atoms with Crippen molar-refractivity contribution in [3.05, 3.63) is 53.6 Å². The highest BCUT2D eigenvalue weighted by atomic mass is 19.1. The van der Waals surface area contributed by atoms with Gasteiger partial charge in [0.2, 0.25) is 5.95 Å². The molecule has 2 rings (SSSR count). The summed E-state index contributed by atoms with van der Waals surface area (Å²) in [6.07, 6.45) is 2.90. The Kier molecular flexibility index (Phi) is 6.02. The first-order valence-corrected chi connectivity index (χ1v) is 7.71. The van der Waals surface area contributed by atoms with E-state index in [-0.39, 0.29) is 17.8 Å². The molecule has 0 bridgehead atoms. The van der Waals surface area contributed by atoms with Crippen LogP contribution in [0.2, 0.25) is 0 Å². The van der Waals surface area contributed by atoms with Crippen molar-refractivity contribution in [3.8, 4) is 0 Å². The molecule has 0 fully saturated rings. The summed E-state index contributed by atoms with van der Waals surface area (Å²) in [5, 5.41) is 5.87. The molecule has 1 unspecified atom stereocenters. The Hall–Kier alpha value is -2.50. The van der Waals surface area contributed by atoms with E-state index < -0.39 is 0 Å². The van der Waals surface area contributed by atoms with E-state index in [1.54, 1.807) is 24.3 Å². The summed E-state index contributed by atoms with van der Waals surface area (Å²) in [5.41, 5.74) is 0.944. The van der Waals surface area contributed by atoms with Gasteiger partial charge in [-0.3, -0.25) is 4.79 Å². The second kappa shape index (κ2) is 8.22. The first-order chi connectivity index (χ1) is 11.1. The van der Waals surface area contributed by atoms with Crippen molar-refractivity contribution in [2.75, 3.05) is 11.9 Å². The molecule has 1 heterocycles. The fraction of sp³-hybridized carbons (Fsp3) is 0.353. The number of rotatable bonds is 7. The van der Waals surface area contributed by atoms with Gasteiger partial charge in [0.05, 0.1) is 0 Å². The van der Waals surface area contributed by atoms with E-state index >= 15 is 0 Å². The van der Waals surface area contributed by atoms with E-state index in [4.69, 9.17) is 0 Å². The second-order valence-corrected chi connectivity index (χ2v) is 5.32. The summed E-state index contributed by atoms with van der Waals surface area (Å²) in [6, 6.07) is 8.30.